The predicted molar refractivity (Wildman–Crippen MR) is 82.0 cm³/mol. The van der Waals surface area contributed by atoms with Gasteiger partial charge in [0.05, 0.1) is 10.9 Å². The molecule has 4 nitrogen and oxygen atoms in total. The molecule has 0 unspecified atom stereocenters. The van der Waals surface area contributed by atoms with Gasteiger partial charge < -0.3 is 9.52 Å². The smallest absolute Gasteiger partial charge is 0.347 e. The maximum Gasteiger partial charge on any atom is 0.347 e. The number of aliphatic hydroxyl groups excluding tert-OH is 1. The van der Waals surface area contributed by atoms with Crippen molar-refractivity contribution in [3.05, 3.63) is 76.0 Å². The minimum atomic E-state index is -0.469. The molecule has 0 amide bonds. The average molecular weight is 279 g/mol. The lowest BCUT2D eigenvalue weighted by atomic mass is 10.1. The van der Waals surface area contributed by atoms with E-state index in [0.29, 0.717) is 16.5 Å². The fourth-order valence-electron chi connectivity index (χ4n) is 2.02. The summed E-state index contributed by atoms with van der Waals surface area (Å²) in [5.41, 5.74) is 1.81. The van der Waals surface area contributed by atoms with Crippen LogP contribution in [0.5, 0.6) is 0 Å². The van der Waals surface area contributed by atoms with Crippen LogP contribution in [-0.4, -0.2) is 10.1 Å². The molecule has 0 spiro atoms. The van der Waals surface area contributed by atoms with Gasteiger partial charge in [0.25, 0.3) is 0 Å². The van der Waals surface area contributed by atoms with Gasteiger partial charge in [0, 0.05) is 11.6 Å². The Labute approximate surface area is 121 Å². The lowest BCUT2D eigenvalue weighted by Gasteiger charge is -2.01. The number of aryl methyl sites for hydroxylation is 1. The molecule has 0 saturated carbocycles. The van der Waals surface area contributed by atoms with Crippen LogP contribution in [0, 0.1) is 6.92 Å². The number of para-hydroxylation sites is 1. The standard InChI is InChI=1S/C17H13NO3/c1-11-6-8-12(9-7-11)15(19)10-16-18-14-5-3-2-4-13(14)17(20)21-16/h2-10,19H,1H3/b15-10-. The number of hydrogen-bond acceptors (Lipinski definition) is 4. The maximum atomic E-state index is 11.8. The van der Waals surface area contributed by atoms with Crippen LogP contribution in [0.4, 0.5) is 0 Å². The summed E-state index contributed by atoms with van der Waals surface area (Å²) in [6, 6.07) is 14.3. The van der Waals surface area contributed by atoms with Gasteiger partial charge in [-0.05, 0) is 19.1 Å². The largest absolute Gasteiger partial charge is 0.507 e. The first kappa shape index (κ1) is 13.1. The molecule has 1 aromatic heterocycles. The van der Waals surface area contributed by atoms with Crippen LogP contribution in [0.1, 0.15) is 17.0 Å². The Balaban J connectivity index is 2.06. The molecular weight excluding hydrogens is 266 g/mol. The van der Waals surface area contributed by atoms with E-state index in [1.807, 2.05) is 19.1 Å². The minimum Gasteiger partial charge on any atom is -0.507 e. The second-order valence-electron chi connectivity index (χ2n) is 4.75. The summed E-state index contributed by atoms with van der Waals surface area (Å²) in [6.07, 6.45) is 1.35. The highest BCUT2D eigenvalue weighted by atomic mass is 16.4. The molecule has 21 heavy (non-hydrogen) atoms. The Morgan fingerprint density at radius 1 is 1.14 bits per heavy atom. The first-order valence-corrected chi connectivity index (χ1v) is 6.51. The van der Waals surface area contributed by atoms with Gasteiger partial charge in [-0.2, -0.15) is 0 Å². The van der Waals surface area contributed by atoms with E-state index >= 15 is 0 Å². The van der Waals surface area contributed by atoms with E-state index in [1.54, 1.807) is 36.4 Å². The molecule has 3 aromatic rings. The van der Waals surface area contributed by atoms with E-state index in [9.17, 15) is 9.90 Å². The number of nitrogens with zero attached hydrogens (tertiary/aromatic N) is 1. The third kappa shape index (κ3) is 2.69. The topological polar surface area (TPSA) is 63.3 Å². The summed E-state index contributed by atoms with van der Waals surface area (Å²) in [5, 5.41) is 10.5. The van der Waals surface area contributed by atoms with E-state index in [2.05, 4.69) is 4.98 Å². The fourth-order valence-corrected chi connectivity index (χ4v) is 2.02. The van der Waals surface area contributed by atoms with Crippen LogP contribution in [0.15, 0.2) is 57.7 Å². The summed E-state index contributed by atoms with van der Waals surface area (Å²) in [5.74, 6) is 0.0812. The third-order valence-electron chi connectivity index (χ3n) is 3.16. The monoisotopic (exact) mass is 279 g/mol. The molecule has 0 aliphatic carbocycles. The summed E-state index contributed by atoms with van der Waals surface area (Å²) >= 11 is 0. The minimum absolute atomic E-state index is 0.000862. The van der Waals surface area contributed by atoms with Crippen molar-refractivity contribution in [1.82, 2.24) is 4.98 Å². The zero-order chi connectivity index (χ0) is 14.8. The molecule has 3 rings (SSSR count). The van der Waals surface area contributed by atoms with Gasteiger partial charge in [-0.3, -0.25) is 0 Å². The summed E-state index contributed by atoms with van der Waals surface area (Å²) < 4.78 is 5.10. The van der Waals surface area contributed by atoms with Crippen molar-refractivity contribution in [2.24, 2.45) is 0 Å². The molecule has 1 heterocycles. The van der Waals surface area contributed by atoms with Crippen LogP contribution in [0.3, 0.4) is 0 Å². The van der Waals surface area contributed by atoms with Crippen molar-refractivity contribution in [3.63, 3.8) is 0 Å². The van der Waals surface area contributed by atoms with Gasteiger partial charge in [0.1, 0.15) is 5.76 Å². The molecule has 2 aromatic carbocycles. The van der Waals surface area contributed by atoms with Crippen molar-refractivity contribution in [2.45, 2.75) is 6.92 Å². The highest BCUT2D eigenvalue weighted by molar-refractivity contribution is 5.79. The van der Waals surface area contributed by atoms with Gasteiger partial charge in [-0.15, -0.1) is 0 Å². The Bertz CT molecular complexity index is 876. The lowest BCUT2D eigenvalue weighted by molar-refractivity contribution is 0.483. The molecule has 0 aliphatic rings. The molecule has 0 aliphatic heterocycles. The Hall–Kier alpha value is -2.88. The quantitative estimate of drug-likeness (QED) is 0.729. The van der Waals surface area contributed by atoms with E-state index in [0.717, 1.165) is 5.56 Å². The van der Waals surface area contributed by atoms with Gasteiger partial charge >= 0.3 is 5.63 Å². The van der Waals surface area contributed by atoms with Gasteiger partial charge in [-0.25, -0.2) is 9.78 Å². The van der Waals surface area contributed by atoms with E-state index in [1.165, 1.54) is 6.08 Å². The number of rotatable bonds is 2. The number of aliphatic hydroxyl groups is 1. The molecule has 4 heteroatoms. The van der Waals surface area contributed by atoms with Crippen molar-refractivity contribution in [3.8, 4) is 0 Å². The Morgan fingerprint density at radius 3 is 2.62 bits per heavy atom. The summed E-state index contributed by atoms with van der Waals surface area (Å²) in [6.45, 7) is 1.97. The van der Waals surface area contributed by atoms with Crippen LogP contribution in [-0.2, 0) is 0 Å². The second-order valence-corrected chi connectivity index (χ2v) is 4.75. The van der Waals surface area contributed by atoms with Crippen LogP contribution < -0.4 is 5.63 Å². The summed E-state index contributed by atoms with van der Waals surface area (Å²) in [4.78, 5) is 16.1. The zero-order valence-corrected chi connectivity index (χ0v) is 11.4. The first-order valence-electron chi connectivity index (χ1n) is 6.51. The van der Waals surface area contributed by atoms with Crippen molar-refractivity contribution < 1.29 is 9.52 Å². The average Bonchev–Trinajstić information content (AvgIpc) is 2.48. The number of benzene rings is 2. The first-order chi connectivity index (χ1) is 10.1. The van der Waals surface area contributed by atoms with Crippen molar-refractivity contribution in [1.29, 1.82) is 0 Å². The van der Waals surface area contributed by atoms with Crippen LogP contribution in [0.25, 0.3) is 22.7 Å². The molecule has 0 atom stereocenters. The van der Waals surface area contributed by atoms with Crippen molar-refractivity contribution >= 4 is 22.7 Å². The number of hydrogen-bond donors (Lipinski definition) is 1. The second kappa shape index (κ2) is 5.25. The summed E-state index contributed by atoms with van der Waals surface area (Å²) in [7, 11) is 0. The molecular formula is C17H13NO3. The van der Waals surface area contributed by atoms with Crippen molar-refractivity contribution in [2.75, 3.05) is 0 Å². The molecule has 0 radical (unpaired) electrons. The predicted octanol–water partition coefficient (Wildman–Crippen LogP) is 3.55. The molecule has 1 N–H and O–H groups in total. The highest BCUT2D eigenvalue weighted by Crippen LogP contribution is 2.16. The lowest BCUT2D eigenvalue weighted by Crippen LogP contribution is -2.02. The molecule has 0 bridgehead atoms. The molecule has 104 valence electrons. The SMILES string of the molecule is Cc1ccc(/C(O)=C/c2nc3ccccc3c(=O)o2)cc1. The van der Waals surface area contributed by atoms with E-state index in [-0.39, 0.29) is 11.6 Å². The normalized spacial score (nSPS) is 11.8. The highest BCUT2D eigenvalue weighted by Gasteiger charge is 2.06. The Morgan fingerprint density at radius 2 is 1.86 bits per heavy atom. The van der Waals surface area contributed by atoms with Gasteiger partial charge in [0.2, 0.25) is 5.89 Å². The molecule has 0 fully saturated rings. The fraction of sp³-hybridized carbons (Fsp3) is 0.0588. The van der Waals surface area contributed by atoms with E-state index < -0.39 is 5.63 Å². The van der Waals surface area contributed by atoms with Gasteiger partial charge in [0.15, 0.2) is 0 Å². The van der Waals surface area contributed by atoms with Crippen LogP contribution in [0.2, 0.25) is 0 Å². The number of aromatic nitrogens is 1. The number of fused-ring (bicyclic) bond motifs is 1. The van der Waals surface area contributed by atoms with Crippen LogP contribution >= 0.6 is 0 Å². The molecule has 0 saturated heterocycles. The third-order valence-corrected chi connectivity index (χ3v) is 3.16. The Kier molecular flexibility index (Phi) is 3.28. The zero-order valence-electron chi connectivity index (χ0n) is 11.4. The van der Waals surface area contributed by atoms with Gasteiger partial charge in [-0.1, -0.05) is 42.0 Å². The maximum absolute atomic E-state index is 11.8. The van der Waals surface area contributed by atoms with E-state index in [4.69, 9.17) is 4.42 Å².